The molecule has 0 atom stereocenters. The molecule has 0 radical (unpaired) electrons. The topological polar surface area (TPSA) is 70.6 Å². The molecule has 0 aromatic carbocycles. The van der Waals surface area contributed by atoms with Crippen molar-refractivity contribution in [2.24, 2.45) is 10.9 Å². The summed E-state index contributed by atoms with van der Waals surface area (Å²) in [7, 11) is -2.87. The molecule has 0 aliphatic heterocycles. The Balaban J connectivity index is 3.99. The SMILES string of the molecule is CCNC(=NCCCS(C)(=O)=O)NCCC(C)C. The molecular weight excluding hydrogens is 250 g/mol. The van der Waals surface area contributed by atoms with Crippen molar-refractivity contribution >= 4 is 15.8 Å². The maximum Gasteiger partial charge on any atom is 0.191 e. The van der Waals surface area contributed by atoms with Gasteiger partial charge >= 0.3 is 0 Å². The van der Waals surface area contributed by atoms with Crippen molar-refractivity contribution in [1.29, 1.82) is 0 Å². The Kier molecular flexibility index (Phi) is 8.79. The summed E-state index contributed by atoms with van der Waals surface area (Å²) in [5.41, 5.74) is 0. The van der Waals surface area contributed by atoms with Crippen molar-refractivity contribution < 1.29 is 8.42 Å². The van der Waals surface area contributed by atoms with Crippen molar-refractivity contribution in [2.45, 2.75) is 33.6 Å². The molecule has 2 N–H and O–H groups in total. The Morgan fingerprint density at radius 3 is 2.44 bits per heavy atom. The van der Waals surface area contributed by atoms with Gasteiger partial charge in [-0.2, -0.15) is 0 Å². The Morgan fingerprint density at radius 1 is 1.28 bits per heavy atom. The van der Waals surface area contributed by atoms with Crippen LogP contribution in [0.1, 0.15) is 33.6 Å². The second-order valence-electron chi connectivity index (χ2n) is 4.85. The molecule has 0 aliphatic carbocycles. The third-order valence-corrected chi connectivity index (χ3v) is 3.33. The molecule has 0 saturated carbocycles. The average molecular weight is 277 g/mol. The molecule has 0 unspecified atom stereocenters. The van der Waals surface area contributed by atoms with Crippen molar-refractivity contribution in [3.8, 4) is 0 Å². The normalized spacial score (nSPS) is 12.8. The lowest BCUT2D eigenvalue weighted by atomic mass is 10.1. The summed E-state index contributed by atoms with van der Waals surface area (Å²) in [5, 5.41) is 6.38. The number of guanidine groups is 1. The summed E-state index contributed by atoms with van der Waals surface area (Å²) in [4.78, 5) is 4.34. The molecular formula is C12H27N3O2S. The van der Waals surface area contributed by atoms with E-state index in [0.29, 0.717) is 18.9 Å². The van der Waals surface area contributed by atoms with Gasteiger partial charge in [0.25, 0.3) is 0 Å². The molecule has 0 aromatic heterocycles. The summed E-state index contributed by atoms with van der Waals surface area (Å²) in [5.74, 6) is 1.62. The predicted octanol–water partition coefficient (Wildman–Crippen LogP) is 1.02. The van der Waals surface area contributed by atoms with E-state index >= 15 is 0 Å². The molecule has 0 heterocycles. The molecule has 108 valence electrons. The molecule has 0 aromatic rings. The fourth-order valence-corrected chi connectivity index (χ4v) is 1.99. The zero-order valence-corrected chi connectivity index (χ0v) is 12.8. The Bertz CT molecular complexity index is 337. The van der Waals surface area contributed by atoms with Crippen molar-refractivity contribution in [1.82, 2.24) is 10.6 Å². The molecule has 0 saturated heterocycles. The van der Waals surface area contributed by atoms with Crippen LogP contribution in [0.5, 0.6) is 0 Å². The van der Waals surface area contributed by atoms with Gasteiger partial charge in [-0.1, -0.05) is 13.8 Å². The summed E-state index contributed by atoms with van der Waals surface area (Å²) in [6.07, 6.45) is 2.91. The summed E-state index contributed by atoms with van der Waals surface area (Å²) >= 11 is 0. The van der Waals surface area contributed by atoms with E-state index in [4.69, 9.17) is 0 Å². The fourth-order valence-electron chi connectivity index (χ4n) is 1.34. The van der Waals surface area contributed by atoms with Gasteiger partial charge in [0.1, 0.15) is 9.84 Å². The number of nitrogens with one attached hydrogen (secondary N) is 2. The third kappa shape index (κ3) is 11.7. The fraction of sp³-hybridized carbons (Fsp3) is 0.917. The highest BCUT2D eigenvalue weighted by atomic mass is 32.2. The maximum absolute atomic E-state index is 11.0. The van der Waals surface area contributed by atoms with Gasteiger partial charge in [-0.05, 0) is 25.7 Å². The van der Waals surface area contributed by atoms with Gasteiger partial charge in [-0.15, -0.1) is 0 Å². The van der Waals surface area contributed by atoms with E-state index in [9.17, 15) is 8.42 Å². The van der Waals surface area contributed by atoms with Crippen LogP contribution >= 0.6 is 0 Å². The number of rotatable bonds is 8. The Labute approximate surface area is 111 Å². The van der Waals surface area contributed by atoms with Gasteiger partial charge in [-0.25, -0.2) is 8.42 Å². The first kappa shape index (κ1) is 17.2. The van der Waals surface area contributed by atoms with Gasteiger partial charge in [0, 0.05) is 25.9 Å². The molecule has 0 bridgehead atoms. The van der Waals surface area contributed by atoms with Gasteiger partial charge in [-0.3, -0.25) is 4.99 Å². The second-order valence-corrected chi connectivity index (χ2v) is 7.11. The van der Waals surface area contributed by atoms with Gasteiger partial charge in [0.15, 0.2) is 5.96 Å². The standard InChI is InChI=1S/C12H27N3O2S/c1-5-13-12(15-9-7-11(2)3)14-8-6-10-18(4,16)17/h11H,5-10H2,1-4H3,(H2,13,14,15). The van der Waals surface area contributed by atoms with E-state index in [-0.39, 0.29) is 5.75 Å². The molecule has 0 amide bonds. The highest BCUT2D eigenvalue weighted by Gasteiger charge is 2.02. The lowest BCUT2D eigenvalue weighted by Gasteiger charge is -2.12. The maximum atomic E-state index is 11.0. The van der Waals surface area contributed by atoms with Crippen LogP contribution in [0.15, 0.2) is 4.99 Å². The van der Waals surface area contributed by atoms with Crippen LogP contribution in [0.4, 0.5) is 0 Å². The van der Waals surface area contributed by atoms with Crippen LogP contribution in [0.25, 0.3) is 0 Å². The first-order chi connectivity index (χ1) is 8.35. The molecule has 0 fully saturated rings. The Morgan fingerprint density at radius 2 is 1.94 bits per heavy atom. The largest absolute Gasteiger partial charge is 0.357 e. The first-order valence-electron chi connectivity index (χ1n) is 6.55. The number of aliphatic imine (C=N–C) groups is 1. The lowest BCUT2D eigenvalue weighted by Crippen LogP contribution is -2.38. The minimum absolute atomic E-state index is 0.196. The lowest BCUT2D eigenvalue weighted by molar-refractivity contribution is 0.573. The number of sulfone groups is 1. The second kappa shape index (κ2) is 9.19. The quantitative estimate of drug-likeness (QED) is 0.395. The van der Waals surface area contributed by atoms with Crippen LogP contribution in [0.3, 0.4) is 0 Å². The van der Waals surface area contributed by atoms with E-state index in [1.165, 1.54) is 6.26 Å². The van der Waals surface area contributed by atoms with Crippen molar-refractivity contribution in [2.75, 3.05) is 31.6 Å². The van der Waals surface area contributed by atoms with E-state index in [1.807, 2.05) is 6.92 Å². The zero-order valence-electron chi connectivity index (χ0n) is 12.0. The minimum atomic E-state index is -2.87. The number of nitrogens with zero attached hydrogens (tertiary/aromatic N) is 1. The van der Waals surface area contributed by atoms with Crippen molar-refractivity contribution in [3.63, 3.8) is 0 Å². The van der Waals surface area contributed by atoms with Gasteiger partial charge in [0.2, 0.25) is 0 Å². The van der Waals surface area contributed by atoms with Crippen LogP contribution in [0.2, 0.25) is 0 Å². The molecule has 18 heavy (non-hydrogen) atoms. The van der Waals surface area contributed by atoms with Crippen LogP contribution < -0.4 is 10.6 Å². The number of hydrogen-bond acceptors (Lipinski definition) is 3. The Hall–Kier alpha value is -0.780. The average Bonchev–Trinajstić information content (AvgIpc) is 2.22. The summed E-state index contributed by atoms with van der Waals surface area (Å²) < 4.78 is 21.9. The molecule has 0 rings (SSSR count). The minimum Gasteiger partial charge on any atom is -0.357 e. The van der Waals surface area contributed by atoms with E-state index in [0.717, 1.165) is 25.5 Å². The van der Waals surface area contributed by atoms with E-state index in [2.05, 4.69) is 29.5 Å². The molecule has 0 spiro atoms. The van der Waals surface area contributed by atoms with Crippen LogP contribution in [0, 0.1) is 5.92 Å². The predicted molar refractivity (Wildman–Crippen MR) is 77.8 cm³/mol. The highest BCUT2D eigenvalue weighted by molar-refractivity contribution is 7.90. The zero-order chi connectivity index (χ0) is 14.0. The third-order valence-electron chi connectivity index (χ3n) is 2.30. The highest BCUT2D eigenvalue weighted by Crippen LogP contribution is 1.96. The molecule has 0 aliphatic rings. The molecule has 6 heteroatoms. The monoisotopic (exact) mass is 277 g/mol. The van der Waals surface area contributed by atoms with E-state index < -0.39 is 9.84 Å². The van der Waals surface area contributed by atoms with Gasteiger partial charge < -0.3 is 10.6 Å². The number of hydrogen-bond donors (Lipinski definition) is 2. The first-order valence-corrected chi connectivity index (χ1v) is 8.61. The van der Waals surface area contributed by atoms with E-state index in [1.54, 1.807) is 0 Å². The summed E-state index contributed by atoms with van der Waals surface area (Å²) in [6.45, 7) is 8.59. The van der Waals surface area contributed by atoms with Crippen LogP contribution in [-0.2, 0) is 9.84 Å². The molecule has 5 nitrogen and oxygen atoms in total. The van der Waals surface area contributed by atoms with Crippen LogP contribution in [-0.4, -0.2) is 46.0 Å². The van der Waals surface area contributed by atoms with Crippen molar-refractivity contribution in [3.05, 3.63) is 0 Å². The smallest absolute Gasteiger partial charge is 0.191 e. The van der Waals surface area contributed by atoms with Gasteiger partial charge in [0.05, 0.1) is 5.75 Å². The summed E-state index contributed by atoms with van der Waals surface area (Å²) in [6, 6.07) is 0.